The molecule has 0 saturated carbocycles. The van der Waals surface area contributed by atoms with Gasteiger partial charge >= 0.3 is 0 Å². The topological polar surface area (TPSA) is 155 Å². The number of phenolic OH excluding ortho intramolecular Hbond substituents is 1. The van der Waals surface area contributed by atoms with Crippen LogP contribution in [0.3, 0.4) is 0 Å². The monoisotopic (exact) mass is 483 g/mol. The average Bonchev–Trinajstić information content (AvgIpc) is 2.74. The number of non-ortho nitro benzene ring substituents is 1. The standard InChI is InChI=1S/C19H21N3O8S2/c1-13-3-4-17(23)18(9-13)32(29,30)21-7-5-20(6-8-21)19(24)14-10-15(22(25)26)12-16(11-14)31(2,27)28/h3-4,9-12,23H,5-8H2,1-2H3. The molecule has 2 aromatic rings. The number of hydrogen-bond acceptors (Lipinski definition) is 8. The molecule has 0 radical (unpaired) electrons. The fraction of sp³-hybridized carbons (Fsp3) is 0.316. The first-order chi connectivity index (χ1) is 14.8. The Morgan fingerprint density at radius 3 is 2.22 bits per heavy atom. The lowest BCUT2D eigenvalue weighted by Gasteiger charge is -2.34. The van der Waals surface area contributed by atoms with Crippen molar-refractivity contribution in [1.29, 1.82) is 0 Å². The summed E-state index contributed by atoms with van der Waals surface area (Å²) in [7, 11) is -7.79. The fourth-order valence-corrected chi connectivity index (χ4v) is 5.57. The van der Waals surface area contributed by atoms with Gasteiger partial charge in [0.15, 0.2) is 9.84 Å². The first kappa shape index (κ1) is 23.6. The second-order valence-electron chi connectivity index (χ2n) is 7.41. The Morgan fingerprint density at radius 2 is 1.66 bits per heavy atom. The van der Waals surface area contributed by atoms with E-state index in [0.29, 0.717) is 5.56 Å². The molecule has 1 heterocycles. The number of aryl methyl sites for hydroxylation is 1. The predicted molar refractivity (Wildman–Crippen MR) is 114 cm³/mol. The van der Waals surface area contributed by atoms with Crippen molar-refractivity contribution in [3.05, 3.63) is 57.6 Å². The molecule has 3 rings (SSSR count). The number of benzene rings is 2. The zero-order chi connectivity index (χ0) is 23.8. The highest BCUT2D eigenvalue weighted by Gasteiger charge is 2.32. The van der Waals surface area contributed by atoms with Crippen LogP contribution in [0.1, 0.15) is 15.9 Å². The number of amides is 1. The summed E-state index contributed by atoms with van der Waals surface area (Å²) in [5.41, 5.74) is -0.0535. The third kappa shape index (κ3) is 4.74. The molecule has 1 fully saturated rings. The zero-order valence-corrected chi connectivity index (χ0v) is 18.9. The van der Waals surface area contributed by atoms with Gasteiger partial charge in [-0.15, -0.1) is 0 Å². The van der Waals surface area contributed by atoms with Crippen LogP contribution in [0.15, 0.2) is 46.2 Å². The van der Waals surface area contributed by atoms with E-state index in [0.717, 1.165) is 28.8 Å². The molecule has 0 aliphatic carbocycles. The minimum atomic E-state index is -4.00. The summed E-state index contributed by atoms with van der Waals surface area (Å²) in [6, 6.07) is 7.17. The molecule has 32 heavy (non-hydrogen) atoms. The highest BCUT2D eigenvalue weighted by molar-refractivity contribution is 7.90. The molecule has 13 heteroatoms. The van der Waals surface area contributed by atoms with Gasteiger partial charge in [-0.3, -0.25) is 14.9 Å². The van der Waals surface area contributed by atoms with Gasteiger partial charge in [0.1, 0.15) is 10.6 Å². The summed E-state index contributed by atoms with van der Waals surface area (Å²) >= 11 is 0. The number of rotatable bonds is 5. The van der Waals surface area contributed by atoms with Crippen molar-refractivity contribution in [3.63, 3.8) is 0 Å². The number of nitro groups is 1. The van der Waals surface area contributed by atoms with E-state index < -0.39 is 36.4 Å². The fourth-order valence-electron chi connectivity index (χ4n) is 3.31. The molecule has 1 aliphatic rings. The minimum Gasteiger partial charge on any atom is -0.507 e. The van der Waals surface area contributed by atoms with Crippen LogP contribution in [-0.4, -0.2) is 74.4 Å². The second kappa shape index (κ2) is 8.48. The van der Waals surface area contributed by atoms with E-state index >= 15 is 0 Å². The Morgan fingerprint density at radius 1 is 1.03 bits per heavy atom. The lowest BCUT2D eigenvalue weighted by molar-refractivity contribution is -0.385. The largest absolute Gasteiger partial charge is 0.507 e. The quantitative estimate of drug-likeness (QED) is 0.491. The molecule has 1 amide bonds. The number of hydrogen-bond donors (Lipinski definition) is 1. The van der Waals surface area contributed by atoms with Crippen molar-refractivity contribution in [3.8, 4) is 5.75 Å². The van der Waals surface area contributed by atoms with Crippen LogP contribution in [0.25, 0.3) is 0 Å². The second-order valence-corrected chi connectivity index (χ2v) is 11.3. The molecule has 2 aromatic carbocycles. The molecule has 1 N–H and O–H groups in total. The summed E-state index contributed by atoms with van der Waals surface area (Å²) in [6.07, 6.45) is 0.880. The summed E-state index contributed by atoms with van der Waals surface area (Å²) in [6.45, 7) is 1.55. The number of sulfonamides is 1. The third-order valence-corrected chi connectivity index (χ3v) is 8.06. The number of nitrogens with zero attached hydrogens (tertiary/aromatic N) is 3. The first-order valence-corrected chi connectivity index (χ1v) is 12.7. The van der Waals surface area contributed by atoms with Gasteiger partial charge in [0.05, 0.1) is 9.82 Å². The Bertz CT molecular complexity index is 1300. The molecular formula is C19H21N3O8S2. The third-order valence-electron chi connectivity index (χ3n) is 5.04. The normalized spacial score (nSPS) is 15.5. The van der Waals surface area contributed by atoms with Gasteiger partial charge in [0.25, 0.3) is 11.6 Å². The molecule has 0 atom stereocenters. The van der Waals surface area contributed by atoms with Crippen LogP contribution >= 0.6 is 0 Å². The van der Waals surface area contributed by atoms with Crippen molar-refractivity contribution in [2.75, 3.05) is 32.4 Å². The SMILES string of the molecule is Cc1ccc(O)c(S(=O)(=O)N2CCN(C(=O)c3cc([N+](=O)[O-])cc(S(C)(=O)=O)c3)CC2)c1. The molecule has 0 aromatic heterocycles. The number of piperazine rings is 1. The van der Waals surface area contributed by atoms with Crippen LogP contribution < -0.4 is 0 Å². The lowest BCUT2D eigenvalue weighted by Crippen LogP contribution is -2.50. The van der Waals surface area contributed by atoms with Crippen molar-refractivity contribution in [2.24, 2.45) is 0 Å². The number of sulfone groups is 1. The van der Waals surface area contributed by atoms with E-state index in [4.69, 9.17) is 0 Å². The lowest BCUT2D eigenvalue weighted by atomic mass is 10.1. The number of carbonyl (C=O) groups excluding carboxylic acids is 1. The number of phenols is 1. The Labute approximate surface area is 185 Å². The Kier molecular flexibility index (Phi) is 6.26. The maximum absolute atomic E-state index is 12.9. The van der Waals surface area contributed by atoms with Crippen LogP contribution in [0.4, 0.5) is 5.69 Å². The van der Waals surface area contributed by atoms with E-state index in [1.54, 1.807) is 13.0 Å². The van der Waals surface area contributed by atoms with E-state index in [1.807, 2.05) is 0 Å². The van der Waals surface area contributed by atoms with Gasteiger partial charge < -0.3 is 10.0 Å². The van der Waals surface area contributed by atoms with Gasteiger partial charge in [-0.05, 0) is 30.7 Å². The molecule has 0 unspecified atom stereocenters. The molecule has 0 spiro atoms. The highest BCUT2D eigenvalue weighted by Crippen LogP contribution is 2.28. The van der Waals surface area contributed by atoms with Crippen LogP contribution in [0.2, 0.25) is 0 Å². The predicted octanol–water partition coefficient (Wildman–Crippen LogP) is 1.16. The number of aromatic hydroxyl groups is 1. The minimum absolute atomic E-state index is 0.0124. The number of carbonyl (C=O) groups is 1. The summed E-state index contributed by atoms with van der Waals surface area (Å²) in [5.74, 6) is -1.02. The van der Waals surface area contributed by atoms with Gasteiger partial charge in [-0.2, -0.15) is 4.31 Å². The van der Waals surface area contributed by atoms with Crippen molar-refractivity contribution in [1.82, 2.24) is 9.21 Å². The molecule has 1 aliphatic heterocycles. The van der Waals surface area contributed by atoms with Crippen molar-refractivity contribution >= 4 is 31.5 Å². The van der Waals surface area contributed by atoms with Gasteiger partial charge in [-0.1, -0.05) is 6.07 Å². The molecule has 172 valence electrons. The summed E-state index contributed by atoms with van der Waals surface area (Å²) in [4.78, 5) is 24.0. The molecule has 11 nitrogen and oxygen atoms in total. The zero-order valence-electron chi connectivity index (χ0n) is 17.3. The van der Waals surface area contributed by atoms with E-state index in [2.05, 4.69) is 0 Å². The van der Waals surface area contributed by atoms with E-state index in [9.17, 15) is 36.9 Å². The maximum Gasteiger partial charge on any atom is 0.271 e. The van der Waals surface area contributed by atoms with Gasteiger partial charge in [0, 0.05) is 50.1 Å². The average molecular weight is 484 g/mol. The summed E-state index contributed by atoms with van der Waals surface area (Å²) in [5, 5.41) is 21.1. The van der Waals surface area contributed by atoms with Crippen LogP contribution in [-0.2, 0) is 19.9 Å². The van der Waals surface area contributed by atoms with Crippen LogP contribution in [0.5, 0.6) is 5.75 Å². The highest BCUT2D eigenvalue weighted by atomic mass is 32.2. The van der Waals surface area contributed by atoms with Gasteiger partial charge in [0.2, 0.25) is 10.0 Å². The molecule has 1 saturated heterocycles. The first-order valence-electron chi connectivity index (χ1n) is 9.39. The Balaban J connectivity index is 1.82. The Hall–Kier alpha value is -3.03. The van der Waals surface area contributed by atoms with E-state index in [-0.39, 0.29) is 47.3 Å². The van der Waals surface area contributed by atoms with Crippen molar-refractivity contribution < 1.29 is 31.7 Å². The maximum atomic E-state index is 12.9. The van der Waals surface area contributed by atoms with Crippen molar-refractivity contribution in [2.45, 2.75) is 16.7 Å². The van der Waals surface area contributed by atoms with Crippen LogP contribution in [0, 0.1) is 17.0 Å². The molecular weight excluding hydrogens is 462 g/mol. The van der Waals surface area contributed by atoms with Gasteiger partial charge in [-0.25, -0.2) is 16.8 Å². The molecule has 0 bridgehead atoms. The summed E-state index contributed by atoms with van der Waals surface area (Å²) < 4.78 is 50.7. The smallest absolute Gasteiger partial charge is 0.271 e. The van der Waals surface area contributed by atoms with E-state index in [1.165, 1.54) is 17.0 Å². The number of nitro benzene ring substituents is 1.